The first-order chi connectivity index (χ1) is 19.4. The quantitative estimate of drug-likeness (QED) is 0.426. The Morgan fingerprint density at radius 2 is 1.77 bits per heavy atom. The first-order valence-corrected chi connectivity index (χ1v) is 13.6. The minimum absolute atomic E-state index is 0.117. The molecule has 2 N–H and O–H groups in total. The fourth-order valence-corrected chi connectivity index (χ4v) is 5.29. The van der Waals surface area contributed by atoms with Crippen molar-refractivity contribution in [3.63, 3.8) is 0 Å². The zero-order valence-electron chi connectivity index (χ0n) is 22.2. The van der Waals surface area contributed by atoms with Crippen molar-refractivity contribution < 1.29 is 32.9 Å². The van der Waals surface area contributed by atoms with Gasteiger partial charge in [0, 0.05) is 31.2 Å². The third-order valence-electron chi connectivity index (χ3n) is 7.27. The van der Waals surface area contributed by atoms with Gasteiger partial charge in [-0.05, 0) is 60.9 Å². The molecule has 5 rings (SSSR count). The lowest BCUT2D eigenvalue weighted by atomic mass is 9.94. The molecule has 2 saturated heterocycles. The van der Waals surface area contributed by atoms with E-state index in [9.17, 15) is 18.7 Å². The number of para-hydroxylation sites is 1. The molecule has 0 radical (unpaired) electrons. The largest absolute Gasteiger partial charge is 0.457 e. The molecule has 9 heteroatoms. The van der Waals surface area contributed by atoms with Gasteiger partial charge in [-0.1, -0.05) is 30.3 Å². The number of aliphatic hydroxyl groups excluding tert-OH is 1. The minimum Gasteiger partial charge on any atom is -0.457 e. The number of carbonyl (C=O) groups is 1. The summed E-state index contributed by atoms with van der Waals surface area (Å²) in [5.41, 5.74) is 1.18. The number of hydrogen-bond donors (Lipinski definition) is 2. The SMILES string of the molecule is O=C(C[C@H]1CC[C@@H]2[C@H](COC[C@H](O)CN2Cc2cc(F)ccc2F)O1)NCc1ccc(Oc2ccccc2)cc1. The van der Waals surface area contributed by atoms with Crippen molar-refractivity contribution in [2.45, 2.75) is 56.7 Å². The van der Waals surface area contributed by atoms with Crippen LogP contribution < -0.4 is 10.1 Å². The van der Waals surface area contributed by atoms with Crippen LogP contribution in [-0.2, 0) is 27.4 Å². The molecule has 0 spiro atoms. The second-order valence-corrected chi connectivity index (χ2v) is 10.3. The van der Waals surface area contributed by atoms with E-state index in [0.717, 1.165) is 29.2 Å². The van der Waals surface area contributed by atoms with E-state index < -0.39 is 17.7 Å². The first-order valence-electron chi connectivity index (χ1n) is 13.6. The van der Waals surface area contributed by atoms with E-state index in [1.54, 1.807) is 0 Å². The number of β-amino-alcohol motifs (C(OH)–C–C–N with tert-alkyl or cyclic N) is 1. The van der Waals surface area contributed by atoms with Crippen LogP contribution >= 0.6 is 0 Å². The summed E-state index contributed by atoms with van der Waals surface area (Å²) < 4.78 is 45.9. The molecule has 0 aliphatic carbocycles. The summed E-state index contributed by atoms with van der Waals surface area (Å²) in [7, 11) is 0. The number of carbonyl (C=O) groups excluding carboxylic acids is 1. The number of benzene rings is 3. The lowest BCUT2D eigenvalue weighted by Gasteiger charge is -2.44. The summed E-state index contributed by atoms with van der Waals surface area (Å²) in [6.45, 7) is 1.15. The fraction of sp³-hybridized carbons (Fsp3) is 0.387. The second kappa shape index (κ2) is 13.3. The van der Waals surface area contributed by atoms with E-state index in [-0.39, 0.29) is 62.4 Å². The van der Waals surface area contributed by atoms with E-state index in [1.165, 1.54) is 6.07 Å². The number of amides is 1. The van der Waals surface area contributed by atoms with E-state index in [4.69, 9.17) is 14.2 Å². The molecule has 2 fully saturated rings. The first kappa shape index (κ1) is 28.2. The fourth-order valence-electron chi connectivity index (χ4n) is 5.29. The van der Waals surface area contributed by atoms with Crippen molar-refractivity contribution in [1.29, 1.82) is 0 Å². The van der Waals surface area contributed by atoms with Gasteiger partial charge < -0.3 is 24.6 Å². The molecule has 0 unspecified atom stereocenters. The van der Waals surface area contributed by atoms with Crippen LogP contribution in [0.1, 0.15) is 30.4 Å². The molecule has 40 heavy (non-hydrogen) atoms. The van der Waals surface area contributed by atoms with E-state index in [2.05, 4.69) is 5.32 Å². The molecule has 2 aliphatic rings. The van der Waals surface area contributed by atoms with Crippen LogP contribution in [0.4, 0.5) is 8.78 Å². The maximum absolute atomic E-state index is 14.4. The predicted molar refractivity (Wildman–Crippen MR) is 145 cm³/mol. The average Bonchev–Trinajstić information content (AvgIpc) is 2.94. The number of fused-ring (bicyclic) bond motifs is 1. The number of aliphatic hydroxyl groups is 1. The molecule has 3 aromatic carbocycles. The van der Waals surface area contributed by atoms with Crippen LogP contribution in [0.5, 0.6) is 11.5 Å². The third kappa shape index (κ3) is 7.63. The number of halogens is 2. The summed E-state index contributed by atoms with van der Waals surface area (Å²) in [4.78, 5) is 14.7. The molecule has 0 saturated carbocycles. The molecule has 2 heterocycles. The molecular weight excluding hydrogens is 518 g/mol. The van der Waals surface area contributed by atoms with Gasteiger partial charge in [-0.25, -0.2) is 8.78 Å². The van der Waals surface area contributed by atoms with Gasteiger partial charge in [-0.15, -0.1) is 0 Å². The Morgan fingerprint density at radius 1 is 1.00 bits per heavy atom. The van der Waals surface area contributed by atoms with Crippen molar-refractivity contribution in [2.24, 2.45) is 0 Å². The van der Waals surface area contributed by atoms with Crippen LogP contribution in [0.2, 0.25) is 0 Å². The Hall–Kier alpha value is -3.37. The van der Waals surface area contributed by atoms with Gasteiger partial charge in [0.15, 0.2) is 0 Å². The van der Waals surface area contributed by atoms with Gasteiger partial charge >= 0.3 is 0 Å². The summed E-state index contributed by atoms with van der Waals surface area (Å²) >= 11 is 0. The van der Waals surface area contributed by atoms with Gasteiger partial charge in [-0.2, -0.15) is 0 Å². The molecular formula is C31H34F2N2O5. The number of nitrogens with zero attached hydrogens (tertiary/aromatic N) is 1. The standard InChI is InChI=1S/C31H34F2N2O5/c32-23-8-12-28(33)22(14-23)17-35-18-24(36)19-38-20-30-29(35)13-11-27(40-30)15-31(37)34-16-21-6-9-26(10-7-21)39-25-4-2-1-3-5-25/h1-10,12,14,24,27,29-30,36H,11,13,15-20H2,(H,34,37)/t24-,27-,29-,30+/m1/s1. The number of hydrogen-bond acceptors (Lipinski definition) is 6. The normalized spacial score (nSPS) is 23.5. The van der Waals surface area contributed by atoms with Gasteiger partial charge in [0.1, 0.15) is 23.1 Å². The van der Waals surface area contributed by atoms with Crippen LogP contribution in [-0.4, -0.2) is 60.0 Å². The highest BCUT2D eigenvalue weighted by atomic mass is 19.1. The lowest BCUT2D eigenvalue weighted by Crippen LogP contribution is -2.55. The highest BCUT2D eigenvalue weighted by molar-refractivity contribution is 5.76. The summed E-state index contributed by atoms with van der Waals surface area (Å²) in [5, 5.41) is 13.3. The monoisotopic (exact) mass is 552 g/mol. The molecule has 0 bridgehead atoms. The Kier molecular flexibility index (Phi) is 9.38. The molecule has 212 valence electrons. The molecule has 0 aromatic heterocycles. The highest BCUT2D eigenvalue weighted by Gasteiger charge is 2.38. The number of nitrogens with one attached hydrogen (secondary N) is 1. The Morgan fingerprint density at radius 3 is 2.58 bits per heavy atom. The Bertz CT molecular complexity index is 1260. The Balaban J connectivity index is 1.13. The summed E-state index contributed by atoms with van der Waals surface area (Å²) in [6, 6.07) is 20.3. The third-order valence-corrected chi connectivity index (χ3v) is 7.27. The van der Waals surface area contributed by atoms with Crippen LogP contribution in [0.25, 0.3) is 0 Å². The predicted octanol–water partition coefficient (Wildman–Crippen LogP) is 4.57. The van der Waals surface area contributed by atoms with E-state index in [0.29, 0.717) is 19.4 Å². The number of rotatable bonds is 8. The van der Waals surface area contributed by atoms with Crippen molar-refractivity contribution in [3.05, 3.63) is 95.6 Å². The lowest BCUT2D eigenvalue weighted by molar-refractivity contribution is -0.158. The van der Waals surface area contributed by atoms with Gasteiger partial charge in [-0.3, -0.25) is 9.69 Å². The maximum Gasteiger partial charge on any atom is 0.222 e. The smallest absolute Gasteiger partial charge is 0.222 e. The highest BCUT2D eigenvalue weighted by Crippen LogP contribution is 2.29. The zero-order chi connectivity index (χ0) is 27.9. The molecule has 4 atom stereocenters. The second-order valence-electron chi connectivity index (χ2n) is 10.3. The van der Waals surface area contributed by atoms with E-state index in [1.807, 2.05) is 59.5 Å². The van der Waals surface area contributed by atoms with Crippen LogP contribution in [0, 0.1) is 11.6 Å². The zero-order valence-corrected chi connectivity index (χ0v) is 22.2. The molecule has 2 aliphatic heterocycles. The average molecular weight is 553 g/mol. The van der Waals surface area contributed by atoms with E-state index >= 15 is 0 Å². The van der Waals surface area contributed by atoms with Gasteiger partial charge in [0.05, 0.1) is 37.9 Å². The molecule has 3 aromatic rings. The van der Waals surface area contributed by atoms with Crippen molar-refractivity contribution in [3.8, 4) is 11.5 Å². The van der Waals surface area contributed by atoms with Crippen LogP contribution in [0.3, 0.4) is 0 Å². The maximum atomic E-state index is 14.4. The van der Waals surface area contributed by atoms with Crippen molar-refractivity contribution in [2.75, 3.05) is 19.8 Å². The van der Waals surface area contributed by atoms with Crippen molar-refractivity contribution in [1.82, 2.24) is 10.2 Å². The molecule has 7 nitrogen and oxygen atoms in total. The Labute approximate surface area is 232 Å². The van der Waals surface area contributed by atoms with Gasteiger partial charge in [0.2, 0.25) is 5.91 Å². The van der Waals surface area contributed by atoms with Crippen molar-refractivity contribution >= 4 is 5.91 Å². The number of ether oxygens (including phenoxy) is 3. The summed E-state index contributed by atoms with van der Waals surface area (Å²) in [6.07, 6.45) is 0.118. The minimum atomic E-state index is -0.750. The summed E-state index contributed by atoms with van der Waals surface area (Å²) in [5.74, 6) is 0.360. The van der Waals surface area contributed by atoms with Crippen LogP contribution in [0.15, 0.2) is 72.8 Å². The topological polar surface area (TPSA) is 80.3 Å². The van der Waals surface area contributed by atoms with Gasteiger partial charge in [0.25, 0.3) is 0 Å². The molecule has 1 amide bonds.